The van der Waals surface area contributed by atoms with E-state index in [0.717, 1.165) is 23.6 Å². The highest BCUT2D eigenvalue weighted by atomic mass is 15.2. The summed E-state index contributed by atoms with van der Waals surface area (Å²) in [6.45, 7) is 6.29. The molecule has 0 saturated carbocycles. The number of hydrogen-bond acceptors (Lipinski definition) is 4. The second kappa shape index (κ2) is 4.79. The first-order valence-corrected chi connectivity index (χ1v) is 6.02. The molecule has 0 bridgehead atoms. The van der Waals surface area contributed by atoms with Gasteiger partial charge in [0.1, 0.15) is 5.82 Å². The van der Waals surface area contributed by atoms with E-state index in [0.29, 0.717) is 12.0 Å². The van der Waals surface area contributed by atoms with Gasteiger partial charge in [-0.05, 0) is 27.3 Å². The van der Waals surface area contributed by atoms with Gasteiger partial charge in [0.15, 0.2) is 5.65 Å². The molecule has 92 valence electrons. The van der Waals surface area contributed by atoms with Crippen LogP contribution in [0, 0.1) is 6.92 Å². The SMILES string of the molecule is CCC(c1nccn2c(C)nnc12)C(C)NC. The lowest BCUT2D eigenvalue weighted by atomic mass is 9.94. The van der Waals surface area contributed by atoms with Crippen LogP contribution in [0.3, 0.4) is 0 Å². The summed E-state index contributed by atoms with van der Waals surface area (Å²) in [4.78, 5) is 4.50. The molecular formula is C12H19N5. The molecule has 2 rings (SSSR count). The van der Waals surface area contributed by atoms with Crippen LogP contribution in [0.5, 0.6) is 0 Å². The second-order valence-corrected chi connectivity index (χ2v) is 4.35. The van der Waals surface area contributed by atoms with Crippen molar-refractivity contribution in [3.63, 3.8) is 0 Å². The van der Waals surface area contributed by atoms with Gasteiger partial charge in [0.2, 0.25) is 0 Å². The summed E-state index contributed by atoms with van der Waals surface area (Å²) in [6.07, 6.45) is 4.76. The Morgan fingerprint density at radius 2 is 2.18 bits per heavy atom. The lowest BCUT2D eigenvalue weighted by Crippen LogP contribution is -2.29. The Balaban J connectivity index is 2.53. The van der Waals surface area contributed by atoms with Crippen molar-refractivity contribution in [2.75, 3.05) is 7.05 Å². The van der Waals surface area contributed by atoms with Crippen LogP contribution in [0.2, 0.25) is 0 Å². The normalized spacial score (nSPS) is 15.1. The van der Waals surface area contributed by atoms with Gasteiger partial charge in [0, 0.05) is 24.4 Å². The summed E-state index contributed by atoms with van der Waals surface area (Å²) >= 11 is 0. The smallest absolute Gasteiger partial charge is 0.182 e. The minimum absolute atomic E-state index is 0.354. The highest BCUT2D eigenvalue weighted by Gasteiger charge is 2.21. The average Bonchev–Trinajstić information content (AvgIpc) is 2.73. The second-order valence-electron chi connectivity index (χ2n) is 4.35. The lowest BCUT2D eigenvalue weighted by molar-refractivity contribution is 0.475. The third-order valence-corrected chi connectivity index (χ3v) is 3.37. The van der Waals surface area contributed by atoms with Crippen LogP contribution in [0.25, 0.3) is 5.65 Å². The fourth-order valence-electron chi connectivity index (χ4n) is 2.21. The summed E-state index contributed by atoms with van der Waals surface area (Å²) in [7, 11) is 1.97. The molecule has 2 heterocycles. The van der Waals surface area contributed by atoms with E-state index < -0.39 is 0 Å². The molecular weight excluding hydrogens is 214 g/mol. The highest BCUT2D eigenvalue weighted by Crippen LogP contribution is 2.24. The molecule has 0 radical (unpaired) electrons. The van der Waals surface area contributed by atoms with Crippen molar-refractivity contribution in [3.8, 4) is 0 Å². The van der Waals surface area contributed by atoms with E-state index in [1.54, 1.807) is 0 Å². The average molecular weight is 233 g/mol. The zero-order valence-electron chi connectivity index (χ0n) is 10.8. The van der Waals surface area contributed by atoms with Crippen molar-refractivity contribution < 1.29 is 0 Å². The molecule has 17 heavy (non-hydrogen) atoms. The molecule has 1 N–H and O–H groups in total. The molecule has 0 spiro atoms. The van der Waals surface area contributed by atoms with E-state index in [1.807, 2.05) is 30.8 Å². The Bertz CT molecular complexity index is 505. The molecule has 0 aliphatic heterocycles. The molecule has 2 atom stereocenters. The predicted octanol–water partition coefficient (Wildman–Crippen LogP) is 1.53. The first-order chi connectivity index (χ1) is 8.19. The van der Waals surface area contributed by atoms with Gasteiger partial charge in [0.25, 0.3) is 0 Å². The van der Waals surface area contributed by atoms with Crippen LogP contribution < -0.4 is 5.32 Å². The Morgan fingerprint density at radius 1 is 1.41 bits per heavy atom. The Hall–Kier alpha value is -1.49. The molecule has 2 unspecified atom stereocenters. The topological polar surface area (TPSA) is 55.1 Å². The van der Waals surface area contributed by atoms with Crippen molar-refractivity contribution in [2.45, 2.75) is 39.2 Å². The van der Waals surface area contributed by atoms with Crippen LogP contribution in [0.1, 0.15) is 37.7 Å². The number of aromatic nitrogens is 4. The van der Waals surface area contributed by atoms with Crippen LogP contribution in [0.4, 0.5) is 0 Å². The predicted molar refractivity (Wildman–Crippen MR) is 67.1 cm³/mol. The molecule has 0 saturated heterocycles. The van der Waals surface area contributed by atoms with Gasteiger partial charge in [-0.15, -0.1) is 10.2 Å². The number of fused-ring (bicyclic) bond motifs is 1. The van der Waals surface area contributed by atoms with Crippen molar-refractivity contribution in [3.05, 3.63) is 23.9 Å². The van der Waals surface area contributed by atoms with Crippen LogP contribution in [0.15, 0.2) is 12.4 Å². The van der Waals surface area contributed by atoms with E-state index in [4.69, 9.17) is 0 Å². The summed E-state index contributed by atoms with van der Waals surface area (Å²) < 4.78 is 1.99. The third kappa shape index (κ3) is 2.02. The van der Waals surface area contributed by atoms with Gasteiger partial charge in [-0.1, -0.05) is 6.92 Å². The zero-order valence-corrected chi connectivity index (χ0v) is 10.8. The van der Waals surface area contributed by atoms with E-state index in [-0.39, 0.29) is 0 Å². The van der Waals surface area contributed by atoms with Crippen molar-refractivity contribution >= 4 is 5.65 Å². The van der Waals surface area contributed by atoms with Crippen LogP contribution >= 0.6 is 0 Å². The van der Waals surface area contributed by atoms with Gasteiger partial charge in [0.05, 0.1) is 5.69 Å². The first-order valence-electron chi connectivity index (χ1n) is 6.02. The van der Waals surface area contributed by atoms with E-state index in [9.17, 15) is 0 Å². The molecule has 5 nitrogen and oxygen atoms in total. The molecule has 0 aromatic carbocycles. The number of hydrogen-bond donors (Lipinski definition) is 1. The van der Waals surface area contributed by atoms with Crippen molar-refractivity contribution in [2.24, 2.45) is 0 Å². The largest absolute Gasteiger partial charge is 0.317 e. The number of nitrogens with one attached hydrogen (secondary N) is 1. The quantitative estimate of drug-likeness (QED) is 0.870. The van der Waals surface area contributed by atoms with Crippen molar-refractivity contribution in [1.82, 2.24) is 24.9 Å². The lowest BCUT2D eigenvalue weighted by Gasteiger charge is -2.21. The molecule has 2 aromatic heterocycles. The summed E-state index contributed by atoms with van der Waals surface area (Å²) in [5.74, 6) is 1.25. The van der Waals surface area contributed by atoms with Gasteiger partial charge in [-0.25, -0.2) is 0 Å². The maximum Gasteiger partial charge on any atom is 0.182 e. The van der Waals surface area contributed by atoms with Crippen LogP contribution in [-0.4, -0.2) is 32.7 Å². The molecule has 0 aliphatic rings. The minimum Gasteiger partial charge on any atom is -0.317 e. The molecule has 5 heteroatoms. The Morgan fingerprint density at radius 3 is 2.82 bits per heavy atom. The third-order valence-electron chi connectivity index (χ3n) is 3.37. The maximum atomic E-state index is 4.50. The number of aryl methyl sites for hydroxylation is 1. The monoisotopic (exact) mass is 233 g/mol. The minimum atomic E-state index is 0.354. The number of nitrogens with zero attached hydrogens (tertiary/aromatic N) is 4. The number of likely N-dealkylation sites (N-methyl/N-ethyl adjacent to an activating group) is 1. The van der Waals surface area contributed by atoms with Gasteiger partial charge < -0.3 is 5.32 Å². The van der Waals surface area contributed by atoms with Crippen molar-refractivity contribution in [1.29, 1.82) is 0 Å². The molecule has 0 aliphatic carbocycles. The zero-order chi connectivity index (χ0) is 12.4. The Labute approximate surface area is 101 Å². The summed E-state index contributed by atoms with van der Waals surface area (Å²) in [5, 5.41) is 11.6. The van der Waals surface area contributed by atoms with Gasteiger partial charge in [-0.2, -0.15) is 0 Å². The standard InChI is InChI=1S/C12H19N5/c1-5-10(8(2)13-4)11-12-16-15-9(3)17(12)7-6-14-11/h6-8,10,13H,5H2,1-4H3. The van der Waals surface area contributed by atoms with Crippen LogP contribution in [-0.2, 0) is 0 Å². The Kier molecular flexibility index (Phi) is 3.38. The molecule has 0 amide bonds. The van der Waals surface area contributed by atoms with Gasteiger partial charge >= 0.3 is 0 Å². The van der Waals surface area contributed by atoms with Gasteiger partial charge in [-0.3, -0.25) is 9.38 Å². The fraction of sp³-hybridized carbons (Fsp3) is 0.583. The summed E-state index contributed by atoms with van der Waals surface area (Å²) in [6, 6.07) is 0.371. The van der Waals surface area contributed by atoms with E-state index in [1.165, 1.54) is 0 Å². The highest BCUT2D eigenvalue weighted by molar-refractivity contribution is 5.45. The molecule has 0 fully saturated rings. The van der Waals surface area contributed by atoms with E-state index >= 15 is 0 Å². The fourth-order valence-corrected chi connectivity index (χ4v) is 2.21. The summed E-state index contributed by atoms with van der Waals surface area (Å²) in [5.41, 5.74) is 1.90. The number of rotatable bonds is 4. The first kappa shape index (κ1) is 12.0. The van der Waals surface area contributed by atoms with E-state index in [2.05, 4.69) is 34.3 Å². The molecule has 2 aromatic rings. The maximum absolute atomic E-state index is 4.50.